The van der Waals surface area contributed by atoms with Gasteiger partial charge in [0.25, 0.3) is 0 Å². The Morgan fingerprint density at radius 1 is 0.241 bits per heavy atom. The van der Waals surface area contributed by atoms with Crippen LogP contribution in [0.3, 0.4) is 0 Å². The van der Waals surface area contributed by atoms with Crippen LogP contribution in [0.2, 0.25) is 0 Å². The number of hydrogen-bond acceptors (Lipinski definition) is 3. The lowest BCUT2D eigenvalue weighted by atomic mass is 10.1. The van der Waals surface area contributed by atoms with Crippen molar-refractivity contribution in [1.82, 2.24) is 4.57 Å². The summed E-state index contributed by atoms with van der Waals surface area (Å²) in [6.45, 7) is 0. The van der Waals surface area contributed by atoms with E-state index in [9.17, 15) is 0 Å². The molecule has 276 valence electrons. The van der Waals surface area contributed by atoms with Gasteiger partial charge in [0.2, 0.25) is 0 Å². The highest BCUT2D eigenvalue weighted by Crippen LogP contribution is 2.46. The largest absolute Gasteiger partial charge is 0.310 e. The van der Waals surface area contributed by atoms with Gasteiger partial charge in [-0.05, 0) is 115 Å². The lowest BCUT2D eigenvalue weighted by molar-refractivity contribution is 1.14. The van der Waals surface area contributed by atoms with Gasteiger partial charge in [-0.1, -0.05) is 127 Å². The zero-order chi connectivity index (χ0) is 38.7. The standard InChI is InChI=1S/C54H40N4/c1-7-21-41(22-8-1)55(42-23-9-2-10-24-42)47-35-37-52-50(39-47)49-33-19-20-34-51(49)58(52)54-40-48(56(43-25-11-3-12-26-43)44-27-13-4-14-28-44)36-38-53(54)57(45-29-15-5-16-30-45)46-31-17-6-18-32-46/h1-40H. The van der Waals surface area contributed by atoms with Crippen molar-refractivity contribution in [2.24, 2.45) is 0 Å². The summed E-state index contributed by atoms with van der Waals surface area (Å²) in [7, 11) is 0. The van der Waals surface area contributed by atoms with E-state index in [0.29, 0.717) is 0 Å². The van der Waals surface area contributed by atoms with Crippen molar-refractivity contribution in [1.29, 1.82) is 0 Å². The van der Waals surface area contributed by atoms with Gasteiger partial charge < -0.3 is 19.3 Å². The van der Waals surface area contributed by atoms with Gasteiger partial charge in [0.05, 0.1) is 22.4 Å². The Hall–Kier alpha value is -7.82. The number of rotatable bonds is 10. The summed E-state index contributed by atoms with van der Waals surface area (Å²) in [4.78, 5) is 7.05. The molecule has 0 spiro atoms. The molecule has 1 heterocycles. The molecule has 9 aromatic carbocycles. The van der Waals surface area contributed by atoms with Crippen LogP contribution < -0.4 is 14.7 Å². The maximum atomic E-state index is 2.45. The molecular weight excluding hydrogens is 705 g/mol. The van der Waals surface area contributed by atoms with Gasteiger partial charge in [-0.15, -0.1) is 0 Å². The molecule has 0 saturated carbocycles. The third kappa shape index (κ3) is 6.43. The third-order valence-electron chi connectivity index (χ3n) is 10.7. The second-order valence-electron chi connectivity index (χ2n) is 14.2. The molecule has 0 aliphatic carbocycles. The Morgan fingerprint density at radius 3 is 1.03 bits per heavy atom. The van der Waals surface area contributed by atoms with E-state index in [2.05, 4.69) is 262 Å². The highest BCUT2D eigenvalue weighted by atomic mass is 15.2. The van der Waals surface area contributed by atoms with E-state index < -0.39 is 0 Å². The summed E-state index contributed by atoms with van der Waals surface area (Å²) in [5.74, 6) is 0. The van der Waals surface area contributed by atoms with Crippen LogP contribution in [0, 0.1) is 0 Å². The monoisotopic (exact) mass is 744 g/mol. The molecule has 0 aliphatic heterocycles. The maximum absolute atomic E-state index is 2.45. The molecule has 10 aromatic rings. The number of hydrogen-bond donors (Lipinski definition) is 0. The van der Waals surface area contributed by atoms with E-state index in [1.54, 1.807) is 0 Å². The molecule has 0 N–H and O–H groups in total. The van der Waals surface area contributed by atoms with Crippen LogP contribution in [-0.2, 0) is 0 Å². The molecular formula is C54H40N4. The number of fused-ring (bicyclic) bond motifs is 3. The normalized spacial score (nSPS) is 11.1. The Balaban J connectivity index is 1.26. The summed E-state index contributed by atoms with van der Waals surface area (Å²) in [5.41, 5.74) is 13.1. The number of para-hydroxylation sites is 7. The molecule has 0 fully saturated rings. The second-order valence-corrected chi connectivity index (χ2v) is 14.2. The van der Waals surface area contributed by atoms with Crippen molar-refractivity contribution in [3.8, 4) is 5.69 Å². The summed E-state index contributed by atoms with van der Waals surface area (Å²) in [5, 5.41) is 2.36. The SMILES string of the molecule is c1ccc(N(c2ccccc2)c2ccc(N(c3ccccc3)c3ccccc3)c(-n3c4ccccc4c4cc(N(c5ccccc5)c5ccccc5)ccc43)c2)cc1. The molecule has 4 heteroatoms. The van der Waals surface area contributed by atoms with Crippen molar-refractivity contribution in [2.45, 2.75) is 0 Å². The Morgan fingerprint density at radius 2 is 0.586 bits per heavy atom. The van der Waals surface area contributed by atoms with Gasteiger partial charge in [0.15, 0.2) is 0 Å². The molecule has 58 heavy (non-hydrogen) atoms. The highest BCUT2D eigenvalue weighted by molar-refractivity contribution is 6.11. The van der Waals surface area contributed by atoms with Gasteiger partial charge in [-0.25, -0.2) is 0 Å². The second kappa shape index (κ2) is 15.4. The van der Waals surface area contributed by atoms with Crippen molar-refractivity contribution < 1.29 is 0 Å². The van der Waals surface area contributed by atoms with E-state index in [1.165, 1.54) is 10.8 Å². The Bertz CT molecular complexity index is 2810. The maximum Gasteiger partial charge on any atom is 0.0723 e. The molecule has 4 nitrogen and oxygen atoms in total. The molecule has 0 saturated heterocycles. The summed E-state index contributed by atoms with van der Waals surface area (Å²) in [6.07, 6.45) is 0. The minimum Gasteiger partial charge on any atom is -0.310 e. The Labute approximate surface area is 339 Å². The van der Waals surface area contributed by atoms with Crippen LogP contribution in [0.5, 0.6) is 0 Å². The van der Waals surface area contributed by atoms with E-state index in [4.69, 9.17) is 0 Å². The molecule has 0 atom stereocenters. The first-order valence-corrected chi connectivity index (χ1v) is 19.7. The van der Waals surface area contributed by atoms with Gasteiger partial charge in [0.1, 0.15) is 0 Å². The summed E-state index contributed by atoms with van der Waals surface area (Å²) in [6, 6.07) is 86.4. The first-order chi connectivity index (χ1) is 28.8. The van der Waals surface area contributed by atoms with Gasteiger partial charge in [-0.3, -0.25) is 0 Å². The lowest BCUT2D eigenvalue weighted by Gasteiger charge is -2.31. The lowest BCUT2D eigenvalue weighted by Crippen LogP contribution is -2.15. The number of nitrogens with zero attached hydrogens (tertiary/aromatic N) is 4. The van der Waals surface area contributed by atoms with Gasteiger partial charge in [-0.2, -0.15) is 0 Å². The molecule has 0 aliphatic rings. The topological polar surface area (TPSA) is 14.7 Å². The molecule has 0 bridgehead atoms. The van der Waals surface area contributed by atoms with Crippen LogP contribution in [0.1, 0.15) is 0 Å². The van der Waals surface area contributed by atoms with Gasteiger partial charge >= 0.3 is 0 Å². The van der Waals surface area contributed by atoms with Crippen LogP contribution in [0.15, 0.2) is 243 Å². The fourth-order valence-corrected chi connectivity index (χ4v) is 8.16. The zero-order valence-electron chi connectivity index (χ0n) is 31.9. The van der Waals surface area contributed by atoms with E-state index in [-0.39, 0.29) is 0 Å². The molecule has 0 amide bonds. The predicted octanol–water partition coefficient (Wildman–Crippen LogP) is 15.2. The quantitative estimate of drug-likeness (QED) is 0.139. The van der Waals surface area contributed by atoms with Crippen molar-refractivity contribution >= 4 is 73.0 Å². The van der Waals surface area contributed by atoms with Crippen LogP contribution in [0.4, 0.5) is 51.2 Å². The van der Waals surface area contributed by atoms with Crippen LogP contribution >= 0.6 is 0 Å². The predicted molar refractivity (Wildman–Crippen MR) is 245 cm³/mol. The first-order valence-electron chi connectivity index (χ1n) is 19.7. The minimum atomic E-state index is 1.05. The number of anilines is 9. The van der Waals surface area contributed by atoms with Crippen molar-refractivity contribution in [3.63, 3.8) is 0 Å². The van der Waals surface area contributed by atoms with E-state index in [1.807, 2.05) is 0 Å². The average Bonchev–Trinajstić information content (AvgIpc) is 3.63. The highest BCUT2D eigenvalue weighted by Gasteiger charge is 2.24. The average molecular weight is 745 g/mol. The summed E-state index contributed by atoms with van der Waals surface area (Å²) >= 11 is 0. The minimum absolute atomic E-state index is 1.05. The van der Waals surface area contributed by atoms with Crippen LogP contribution in [-0.4, -0.2) is 4.57 Å². The number of aromatic nitrogens is 1. The fourth-order valence-electron chi connectivity index (χ4n) is 8.16. The zero-order valence-corrected chi connectivity index (χ0v) is 31.9. The first kappa shape index (κ1) is 34.7. The van der Waals surface area contributed by atoms with E-state index in [0.717, 1.165) is 67.9 Å². The van der Waals surface area contributed by atoms with E-state index >= 15 is 0 Å². The fraction of sp³-hybridized carbons (Fsp3) is 0. The van der Waals surface area contributed by atoms with Gasteiger partial charge in [0, 0.05) is 56.3 Å². The third-order valence-corrected chi connectivity index (χ3v) is 10.7. The number of benzene rings is 9. The van der Waals surface area contributed by atoms with Crippen LogP contribution in [0.25, 0.3) is 27.5 Å². The molecule has 10 rings (SSSR count). The van der Waals surface area contributed by atoms with Crippen molar-refractivity contribution in [3.05, 3.63) is 243 Å². The van der Waals surface area contributed by atoms with Crippen molar-refractivity contribution in [2.75, 3.05) is 14.7 Å². The molecule has 1 aromatic heterocycles. The summed E-state index contributed by atoms with van der Waals surface area (Å²) < 4.78 is 2.45. The Kier molecular flexibility index (Phi) is 9.18. The smallest absolute Gasteiger partial charge is 0.0723 e. The molecule has 0 radical (unpaired) electrons. The molecule has 0 unspecified atom stereocenters.